The van der Waals surface area contributed by atoms with Gasteiger partial charge in [0.05, 0.1) is 39.0 Å². The fraction of sp³-hybridized carbons (Fsp3) is 0.375. The van der Waals surface area contributed by atoms with Crippen molar-refractivity contribution in [2.24, 2.45) is 13.0 Å². The first-order valence-electron chi connectivity index (χ1n) is 23.0. The zero-order valence-electron chi connectivity index (χ0n) is 37.7. The highest BCUT2D eigenvalue weighted by molar-refractivity contribution is 7.90. The molecule has 6 aromatic rings. The number of piperidine rings is 2. The van der Waals surface area contributed by atoms with Gasteiger partial charge < -0.3 is 14.5 Å². The number of piperazine rings is 1. The summed E-state index contributed by atoms with van der Waals surface area (Å²) in [6.45, 7) is 5.76. The predicted molar refractivity (Wildman–Crippen MR) is 254 cm³/mol. The van der Waals surface area contributed by atoms with Crippen LogP contribution in [-0.2, 0) is 26.8 Å². The summed E-state index contributed by atoms with van der Waals surface area (Å²) in [6.07, 6.45) is 2.64. The van der Waals surface area contributed by atoms with Crippen molar-refractivity contribution in [3.63, 3.8) is 0 Å². The van der Waals surface area contributed by atoms with Gasteiger partial charge in [0.15, 0.2) is 11.6 Å². The van der Waals surface area contributed by atoms with Crippen molar-refractivity contribution in [1.29, 1.82) is 5.26 Å². The molecule has 10 rings (SSSR count). The molecule has 6 heterocycles. The fourth-order valence-electron chi connectivity index (χ4n) is 10.1. The molecule has 4 aliphatic rings. The standard InChI is InChI=1S/C48H49F2N11O7S/c1-55-44-40(3-2-4-41(44)61(48(55)65)42-13-14-43(62)53-46(42)63)58-18-15-30(16-19-58)27-56-21-23-57(24-22-56)32-5-7-33(8-6-32)60-29-52-38-11-9-34(25-35(38)47(60)64)68-45-36(26-51)39(12-10-37(45)50)54-69(66,67)59-20-17-31(49)28-59/h2-12,25,29-31,42,54H,13-24,27-28H2,1H3,(H,53,62,63)/t31-,42?/m1/s1. The Balaban J connectivity index is 0.759. The number of aromatic nitrogens is 4. The molecule has 21 heteroatoms. The summed E-state index contributed by atoms with van der Waals surface area (Å²) in [5, 5.41) is 12.5. The van der Waals surface area contributed by atoms with E-state index in [2.05, 4.69) is 29.7 Å². The molecule has 4 aliphatic heterocycles. The van der Waals surface area contributed by atoms with Crippen molar-refractivity contribution in [2.75, 3.05) is 73.4 Å². The van der Waals surface area contributed by atoms with Crippen LogP contribution >= 0.6 is 0 Å². The van der Waals surface area contributed by atoms with E-state index < -0.39 is 51.0 Å². The largest absolute Gasteiger partial charge is 0.453 e. The Morgan fingerprint density at radius 2 is 1.64 bits per heavy atom. The first-order valence-corrected chi connectivity index (χ1v) is 24.4. The number of aryl methyl sites for hydroxylation is 1. The number of hydrogen-bond acceptors (Lipinski definition) is 12. The van der Waals surface area contributed by atoms with Crippen LogP contribution < -0.4 is 35.8 Å². The van der Waals surface area contributed by atoms with Crippen molar-refractivity contribution >= 4 is 61.0 Å². The molecule has 0 bridgehead atoms. The van der Waals surface area contributed by atoms with Crippen molar-refractivity contribution in [3.05, 3.63) is 111 Å². The highest BCUT2D eigenvalue weighted by Crippen LogP contribution is 2.36. The van der Waals surface area contributed by atoms with E-state index in [0.29, 0.717) is 22.6 Å². The molecule has 4 aromatic carbocycles. The van der Waals surface area contributed by atoms with Crippen LogP contribution in [-0.4, -0.2) is 113 Å². The first kappa shape index (κ1) is 45.6. The van der Waals surface area contributed by atoms with Crippen LogP contribution in [0.3, 0.4) is 0 Å². The van der Waals surface area contributed by atoms with Gasteiger partial charge in [0.1, 0.15) is 35.9 Å². The van der Waals surface area contributed by atoms with E-state index in [1.807, 2.05) is 42.5 Å². The number of nitriles is 1. The van der Waals surface area contributed by atoms with E-state index in [1.54, 1.807) is 17.7 Å². The van der Waals surface area contributed by atoms with Gasteiger partial charge in [-0.1, -0.05) is 6.07 Å². The highest BCUT2D eigenvalue weighted by atomic mass is 32.2. The Labute approximate surface area is 395 Å². The van der Waals surface area contributed by atoms with Gasteiger partial charge in [-0.3, -0.25) is 43.0 Å². The number of alkyl halides is 1. The van der Waals surface area contributed by atoms with E-state index in [4.69, 9.17) is 4.74 Å². The van der Waals surface area contributed by atoms with Crippen LogP contribution in [0, 0.1) is 23.1 Å². The molecular weight excluding hydrogens is 913 g/mol. The number of imidazole rings is 1. The van der Waals surface area contributed by atoms with E-state index in [1.165, 1.54) is 33.7 Å². The van der Waals surface area contributed by atoms with Gasteiger partial charge in [-0.25, -0.2) is 18.6 Å². The molecule has 2 N–H and O–H groups in total. The lowest BCUT2D eigenvalue weighted by Gasteiger charge is -2.40. The molecule has 4 saturated heterocycles. The number of ether oxygens (including phenoxy) is 1. The number of anilines is 3. The van der Waals surface area contributed by atoms with Gasteiger partial charge in [-0.15, -0.1) is 0 Å². The summed E-state index contributed by atoms with van der Waals surface area (Å²) >= 11 is 0. The quantitative estimate of drug-likeness (QED) is 0.172. The molecule has 2 amide bonds. The van der Waals surface area contributed by atoms with E-state index in [0.717, 1.165) is 92.0 Å². The third-order valence-electron chi connectivity index (χ3n) is 13.8. The van der Waals surface area contributed by atoms with Gasteiger partial charge in [-0.05, 0) is 98.3 Å². The van der Waals surface area contributed by atoms with E-state index >= 15 is 4.39 Å². The Morgan fingerprint density at radius 1 is 0.884 bits per heavy atom. The lowest BCUT2D eigenvalue weighted by Crippen LogP contribution is -2.49. The molecule has 69 heavy (non-hydrogen) atoms. The second kappa shape index (κ2) is 18.4. The number of amides is 2. The lowest BCUT2D eigenvalue weighted by molar-refractivity contribution is -0.135. The SMILES string of the molecule is Cn1c(=O)n(C2CCC(=O)NC2=O)c2cccc(N3CCC(CN4CCN(c5ccc(-n6cnc7ccc(Oc8c(F)ccc(NS(=O)(=O)N9CC[C@@H](F)C9)c8C#N)cc7c6=O)cc5)CC4)CC3)c21. The molecule has 2 aromatic heterocycles. The zero-order chi connectivity index (χ0) is 48.1. The highest BCUT2D eigenvalue weighted by Gasteiger charge is 2.34. The summed E-state index contributed by atoms with van der Waals surface area (Å²) in [5.74, 6) is -1.73. The molecule has 0 saturated carbocycles. The number of fused-ring (bicyclic) bond motifs is 2. The third kappa shape index (κ3) is 8.79. The average molecular weight is 962 g/mol. The predicted octanol–water partition coefficient (Wildman–Crippen LogP) is 4.56. The van der Waals surface area contributed by atoms with Gasteiger partial charge in [0, 0.05) is 78.1 Å². The van der Waals surface area contributed by atoms with Crippen LogP contribution in [0.2, 0.25) is 0 Å². The fourth-order valence-corrected chi connectivity index (χ4v) is 11.3. The molecule has 0 radical (unpaired) electrons. The monoisotopic (exact) mass is 961 g/mol. The molecule has 358 valence electrons. The summed E-state index contributed by atoms with van der Waals surface area (Å²) in [4.78, 5) is 63.6. The minimum atomic E-state index is -4.24. The first-order chi connectivity index (χ1) is 33.3. The second-order valence-electron chi connectivity index (χ2n) is 18.0. The lowest BCUT2D eigenvalue weighted by atomic mass is 9.95. The number of rotatable bonds is 11. The van der Waals surface area contributed by atoms with E-state index in [9.17, 15) is 37.2 Å². The summed E-state index contributed by atoms with van der Waals surface area (Å²) in [5.41, 5.74) is 3.03. The smallest absolute Gasteiger partial charge is 0.329 e. The van der Waals surface area contributed by atoms with Crippen molar-refractivity contribution < 1.29 is 31.5 Å². The number of hydrogen-bond donors (Lipinski definition) is 2. The van der Waals surface area contributed by atoms with E-state index in [-0.39, 0.29) is 60.8 Å². The van der Waals surface area contributed by atoms with Gasteiger partial charge in [0.2, 0.25) is 11.8 Å². The normalized spacial score (nSPS) is 19.9. The summed E-state index contributed by atoms with van der Waals surface area (Å²) in [7, 11) is -2.51. The molecule has 18 nitrogen and oxygen atoms in total. The van der Waals surface area contributed by atoms with Gasteiger partial charge in [-0.2, -0.15) is 18.0 Å². The van der Waals surface area contributed by atoms with Crippen LogP contribution in [0.15, 0.2) is 88.7 Å². The Kier molecular flexibility index (Phi) is 12.2. The topological polar surface area (TPSA) is 200 Å². The summed E-state index contributed by atoms with van der Waals surface area (Å²) < 4.78 is 68.4. The zero-order valence-corrected chi connectivity index (χ0v) is 38.5. The molecular formula is C48H49F2N11O7S. The minimum Gasteiger partial charge on any atom is -0.453 e. The van der Waals surface area contributed by atoms with Crippen molar-refractivity contribution in [1.82, 2.24) is 33.2 Å². The number of halogens is 2. The van der Waals surface area contributed by atoms with Crippen LogP contribution in [0.1, 0.15) is 43.7 Å². The number of benzene rings is 4. The maximum absolute atomic E-state index is 15.2. The Hall–Kier alpha value is -7.15. The maximum atomic E-state index is 15.2. The number of imide groups is 1. The number of carbonyl (C=O) groups excluding carboxylic acids is 2. The second-order valence-corrected chi connectivity index (χ2v) is 19.7. The Bertz CT molecular complexity index is 3280. The van der Waals surface area contributed by atoms with Crippen LogP contribution in [0.25, 0.3) is 27.6 Å². The molecule has 4 fully saturated rings. The average Bonchev–Trinajstić information content (AvgIpc) is 3.91. The summed E-state index contributed by atoms with van der Waals surface area (Å²) in [6, 6.07) is 21.0. The van der Waals surface area contributed by atoms with Gasteiger partial charge in [0.25, 0.3) is 5.56 Å². The number of para-hydroxylation sites is 1. The molecule has 0 aliphatic carbocycles. The maximum Gasteiger partial charge on any atom is 0.329 e. The van der Waals surface area contributed by atoms with Crippen molar-refractivity contribution in [3.8, 4) is 23.3 Å². The molecule has 0 spiro atoms. The minimum absolute atomic E-state index is 0.0118. The van der Waals surface area contributed by atoms with Crippen LogP contribution in [0.4, 0.5) is 25.8 Å². The molecule has 1 unspecified atom stereocenters. The van der Waals surface area contributed by atoms with Crippen molar-refractivity contribution in [2.45, 2.75) is 44.3 Å². The van der Waals surface area contributed by atoms with Gasteiger partial charge >= 0.3 is 15.9 Å². The number of nitrogens with one attached hydrogen (secondary N) is 2. The number of nitrogens with zero attached hydrogens (tertiary/aromatic N) is 9. The number of carbonyl (C=O) groups is 2. The molecule has 2 atom stereocenters. The van der Waals surface area contributed by atoms with Crippen LogP contribution in [0.5, 0.6) is 11.5 Å². The third-order valence-corrected chi connectivity index (χ3v) is 15.3. The Morgan fingerprint density at radius 3 is 2.35 bits per heavy atom.